The van der Waals surface area contributed by atoms with Crippen molar-refractivity contribution in [2.75, 3.05) is 231 Å². The van der Waals surface area contributed by atoms with Crippen molar-refractivity contribution in [3.63, 3.8) is 0 Å². The number of unbranched alkanes of at least 4 members (excludes halogenated alkanes) is 6. The van der Waals surface area contributed by atoms with Gasteiger partial charge in [0.1, 0.15) is 0 Å². The van der Waals surface area contributed by atoms with Gasteiger partial charge in [0.2, 0.25) is 65.1 Å². The van der Waals surface area contributed by atoms with Crippen molar-refractivity contribution in [3.8, 4) is 0 Å². The van der Waals surface area contributed by atoms with Crippen LogP contribution in [-0.4, -0.2) is 231 Å². The molecule has 0 heterocycles. The van der Waals surface area contributed by atoms with E-state index in [4.69, 9.17) is 0 Å². The Hall–Kier alpha value is -6.96. The van der Waals surface area contributed by atoms with E-state index < -0.39 is 0 Å². The summed E-state index contributed by atoms with van der Waals surface area (Å²) < 4.78 is 0. The van der Waals surface area contributed by atoms with E-state index in [-0.39, 0.29) is 97.6 Å². The molecular formula is C102H180N12O12. The zero-order valence-corrected chi connectivity index (χ0v) is 86.7. The van der Waals surface area contributed by atoms with Crippen LogP contribution in [0.15, 0.2) is 57.5 Å². The van der Waals surface area contributed by atoms with Crippen LogP contribution in [-0.2, 0) is 32.5 Å². The fraction of sp³-hybridized carbons (Fsp3) is 0.765. The highest BCUT2D eigenvalue weighted by molar-refractivity contribution is 5.65. The number of anilines is 6. The van der Waals surface area contributed by atoms with Gasteiger partial charge in [-0.05, 0) is 255 Å². The Labute approximate surface area is 761 Å². The molecule has 0 amide bonds. The summed E-state index contributed by atoms with van der Waals surface area (Å²) >= 11 is 0. The molecule has 720 valence electrons. The molecule has 0 bridgehead atoms. The van der Waals surface area contributed by atoms with Crippen molar-refractivity contribution < 1.29 is 0 Å². The van der Waals surface area contributed by atoms with Gasteiger partial charge in [-0.15, -0.1) is 0 Å². The molecule has 0 N–H and O–H groups in total. The molecule has 24 heteroatoms. The molecule has 0 aliphatic heterocycles. The van der Waals surface area contributed by atoms with Crippen LogP contribution < -0.4 is 94.5 Å². The largest absolute Gasteiger partial charge is 0.371 e. The van der Waals surface area contributed by atoms with Gasteiger partial charge in [0.05, 0.1) is 34.1 Å². The Morgan fingerprint density at radius 2 is 0.349 bits per heavy atom. The van der Waals surface area contributed by atoms with Crippen molar-refractivity contribution in [2.45, 2.75) is 315 Å². The molecular weight excluding hydrogens is 1590 g/mol. The number of hydrogen-bond donors (Lipinski definition) is 0. The minimum Gasteiger partial charge on any atom is -0.371 e. The number of hydrogen-bond acceptors (Lipinski definition) is 24. The first-order chi connectivity index (χ1) is 58.3. The van der Waals surface area contributed by atoms with Crippen molar-refractivity contribution in [1.82, 2.24) is 29.4 Å². The summed E-state index contributed by atoms with van der Waals surface area (Å²) in [4.78, 5) is 168. The molecule has 0 aliphatic rings. The lowest BCUT2D eigenvalue weighted by atomic mass is 9.82. The first-order valence-corrected chi connectivity index (χ1v) is 47.7. The molecule has 6 aromatic rings. The van der Waals surface area contributed by atoms with Crippen molar-refractivity contribution in [2.24, 2.45) is 0 Å². The van der Waals surface area contributed by atoms with E-state index >= 15 is 0 Å². The lowest BCUT2D eigenvalue weighted by Gasteiger charge is -2.29. The van der Waals surface area contributed by atoms with Gasteiger partial charge in [-0.25, -0.2) is 0 Å². The van der Waals surface area contributed by atoms with Crippen LogP contribution in [0.2, 0.25) is 0 Å². The molecule has 0 aromatic heterocycles. The Bertz CT molecular complexity index is 4620. The van der Waals surface area contributed by atoms with Gasteiger partial charge in [-0.1, -0.05) is 180 Å². The maximum absolute atomic E-state index is 11.9. The summed E-state index contributed by atoms with van der Waals surface area (Å²) in [5, 5.41) is 0. The lowest BCUT2D eigenvalue weighted by Crippen LogP contribution is -2.46. The minimum atomic E-state index is -0.319. The molecule has 0 saturated heterocycles. The normalized spacial score (nSPS) is 12.3. The quantitative estimate of drug-likeness (QED) is 0.0254. The first-order valence-electron chi connectivity index (χ1n) is 47.7. The standard InChI is InChI=1S/C19H34N2O2.C18H32N2O2.2C17H30N2O2.C16H28N2O2.C15H26N2O2/c1-7-11-21(12-8-2)14-10-9-13-20(6)16-15(19(3,4)5)17(22)18(16)23;1-7-11-20(8-2)13-10-9-12-19(6)15-14(18(3,4)5)16(21)17(15)22;1-7-10-18(5)11-8-9-12-19(6)14-13(17(2,3)4)15(20)16(14)21;1-7-19(8-2)12-10-9-11-18(6)14-13(17(3,4)5)15(20)16(14)21;1-7-17(5)10-8-9-11-18(6)13-12(16(2,3)4)14(19)15(13)20;1-15(2,3)11-12(14(19)13(11)18)17(6)10-8-7-9-16(4)5/h7-14H2,1-6H3;7-13H2,1-6H3;2*7-12H2,1-6H3;7-11H2,1-6H3;7-10H2,1-6H3. The summed E-state index contributed by atoms with van der Waals surface area (Å²) in [7, 11) is 19.9. The van der Waals surface area contributed by atoms with Gasteiger partial charge in [-0.3, -0.25) is 57.5 Å². The van der Waals surface area contributed by atoms with E-state index in [2.05, 4.69) is 113 Å². The molecule has 6 rings (SSSR count). The van der Waals surface area contributed by atoms with Crippen LogP contribution in [0, 0.1) is 0 Å². The van der Waals surface area contributed by atoms with E-state index in [9.17, 15) is 57.5 Å². The predicted molar refractivity (Wildman–Crippen MR) is 542 cm³/mol. The summed E-state index contributed by atoms with van der Waals surface area (Å²) in [5.74, 6) is 0. The van der Waals surface area contributed by atoms with E-state index in [0.717, 1.165) is 208 Å². The fourth-order valence-corrected chi connectivity index (χ4v) is 16.5. The highest BCUT2D eigenvalue weighted by atomic mass is 16.2. The van der Waals surface area contributed by atoms with E-state index in [1.54, 1.807) is 0 Å². The van der Waals surface area contributed by atoms with Gasteiger partial charge in [0, 0.05) is 115 Å². The highest BCUT2D eigenvalue weighted by Gasteiger charge is 2.38. The predicted octanol–water partition coefficient (Wildman–Crippen LogP) is 12.8. The number of rotatable bonds is 48. The highest BCUT2D eigenvalue weighted by Crippen LogP contribution is 2.33. The third-order valence-electron chi connectivity index (χ3n) is 23.8. The maximum Gasteiger partial charge on any atom is 0.249 e. The maximum atomic E-state index is 11.9. The Balaban J connectivity index is 0.000000757. The third-order valence-corrected chi connectivity index (χ3v) is 23.8. The zero-order chi connectivity index (χ0) is 97.2. The fourth-order valence-electron chi connectivity index (χ4n) is 16.5. The second-order valence-corrected chi connectivity index (χ2v) is 41.9. The lowest BCUT2D eigenvalue weighted by molar-refractivity contribution is 0.269. The van der Waals surface area contributed by atoms with Crippen LogP contribution >= 0.6 is 0 Å². The van der Waals surface area contributed by atoms with Crippen LogP contribution in [0.1, 0.15) is 316 Å². The van der Waals surface area contributed by atoms with Crippen LogP contribution in [0.4, 0.5) is 34.1 Å². The van der Waals surface area contributed by atoms with Crippen LogP contribution in [0.25, 0.3) is 0 Å². The summed E-state index contributed by atoms with van der Waals surface area (Å²) in [6.07, 6.45) is 17.6. The average Bonchev–Trinajstić information content (AvgIpc) is 0.781. The summed E-state index contributed by atoms with van der Waals surface area (Å²) in [6, 6.07) is 0. The van der Waals surface area contributed by atoms with Crippen molar-refractivity contribution >= 4 is 34.1 Å². The van der Waals surface area contributed by atoms with Gasteiger partial charge in [0.15, 0.2) is 0 Å². The Kier molecular flexibility index (Phi) is 50.2. The monoisotopic (exact) mass is 1770 g/mol. The summed E-state index contributed by atoms with van der Waals surface area (Å²) in [6.45, 7) is 73.7. The molecule has 0 atom stereocenters. The molecule has 0 unspecified atom stereocenters. The second-order valence-electron chi connectivity index (χ2n) is 41.9. The molecule has 6 aromatic carbocycles. The summed E-state index contributed by atoms with van der Waals surface area (Å²) in [5.41, 5.74) is 2.76. The van der Waals surface area contributed by atoms with E-state index in [1.165, 1.54) is 25.7 Å². The van der Waals surface area contributed by atoms with Gasteiger partial charge in [-0.2, -0.15) is 0 Å². The van der Waals surface area contributed by atoms with Gasteiger partial charge >= 0.3 is 0 Å². The Morgan fingerprint density at radius 1 is 0.175 bits per heavy atom. The molecule has 24 nitrogen and oxygen atoms in total. The molecule has 126 heavy (non-hydrogen) atoms. The third kappa shape index (κ3) is 35.4. The van der Waals surface area contributed by atoms with Crippen molar-refractivity contribution in [1.29, 1.82) is 0 Å². The molecule has 0 radical (unpaired) electrons. The first kappa shape index (κ1) is 117. The Morgan fingerprint density at radius 3 is 0.540 bits per heavy atom. The van der Waals surface area contributed by atoms with Gasteiger partial charge in [0.25, 0.3) is 0 Å². The molecule has 0 spiro atoms. The number of nitrogens with zero attached hydrogens (tertiary/aromatic N) is 12. The van der Waals surface area contributed by atoms with Crippen LogP contribution in [0.5, 0.6) is 0 Å². The van der Waals surface area contributed by atoms with Gasteiger partial charge < -0.3 is 58.8 Å². The topological polar surface area (TPSA) is 244 Å². The van der Waals surface area contributed by atoms with Crippen molar-refractivity contribution in [3.05, 3.63) is 156 Å². The average molecular weight is 1770 g/mol. The molecule has 0 fully saturated rings. The molecule has 0 aliphatic carbocycles. The minimum absolute atomic E-state index is 0.252. The zero-order valence-electron chi connectivity index (χ0n) is 86.7. The van der Waals surface area contributed by atoms with E-state index in [0.29, 0.717) is 67.5 Å². The molecule has 0 saturated carbocycles. The smallest absolute Gasteiger partial charge is 0.249 e. The van der Waals surface area contributed by atoms with E-state index in [1.807, 2.05) is 196 Å². The van der Waals surface area contributed by atoms with Crippen LogP contribution in [0.3, 0.4) is 0 Å². The SMILES string of the molecule is CCCN(C)CCCCN(C)c1c(C(C)(C)C)c(=O)c1=O.CCCN(CC)CCCCN(C)c1c(C(C)(C)C)c(=O)c1=O.CCCN(CCC)CCCCN(C)c1c(C(C)(C)C)c(=O)c1=O.CCN(C)CCCCN(C)c1c(C(C)(C)C)c(=O)c1=O.CCN(CC)CCCCN(C)c1c(C(C)(C)C)c(=O)c1=O.CN(C)CCCCN(C)c1c(C(C)(C)C)c(=O)c1=O. The second kappa shape index (κ2) is 54.0.